The predicted octanol–water partition coefficient (Wildman–Crippen LogP) is 0.746. The van der Waals surface area contributed by atoms with E-state index in [-0.39, 0.29) is 6.03 Å². The van der Waals surface area contributed by atoms with Gasteiger partial charge in [0.25, 0.3) is 0 Å². The Hall–Kier alpha value is -1.59. The number of aromatic amines is 1. The molecule has 1 fully saturated rings. The number of hydrogen-bond acceptors (Lipinski definition) is 3. The van der Waals surface area contributed by atoms with Crippen LogP contribution in [0.15, 0.2) is 6.33 Å². The first-order valence-corrected chi connectivity index (χ1v) is 5.62. The lowest BCUT2D eigenvalue weighted by Gasteiger charge is -2.30. The van der Waals surface area contributed by atoms with E-state index < -0.39 is 0 Å². The predicted molar refractivity (Wildman–Crippen MR) is 58.6 cm³/mol. The maximum absolute atomic E-state index is 11.8. The van der Waals surface area contributed by atoms with Crippen molar-refractivity contribution in [1.29, 1.82) is 0 Å². The fraction of sp³-hybridized carbons (Fsp3) is 0.700. The average molecular weight is 223 g/mol. The Balaban J connectivity index is 1.75. The number of aromatic nitrogens is 3. The van der Waals surface area contributed by atoms with Gasteiger partial charge in [0.1, 0.15) is 12.2 Å². The highest BCUT2D eigenvalue weighted by atomic mass is 16.2. The van der Waals surface area contributed by atoms with E-state index >= 15 is 0 Å². The molecule has 1 aliphatic heterocycles. The van der Waals surface area contributed by atoms with Gasteiger partial charge in [0, 0.05) is 13.1 Å². The van der Waals surface area contributed by atoms with Crippen molar-refractivity contribution in [2.45, 2.75) is 26.3 Å². The van der Waals surface area contributed by atoms with Gasteiger partial charge in [0.2, 0.25) is 0 Å². The van der Waals surface area contributed by atoms with Crippen LogP contribution >= 0.6 is 0 Å². The van der Waals surface area contributed by atoms with Crippen molar-refractivity contribution < 1.29 is 4.79 Å². The molecule has 6 nitrogen and oxygen atoms in total. The number of likely N-dealkylation sites (tertiary alicyclic amines) is 1. The van der Waals surface area contributed by atoms with Crippen molar-refractivity contribution in [1.82, 2.24) is 25.4 Å². The van der Waals surface area contributed by atoms with Gasteiger partial charge in [-0.05, 0) is 18.8 Å². The minimum absolute atomic E-state index is 0.0108. The van der Waals surface area contributed by atoms with Gasteiger partial charge >= 0.3 is 6.03 Å². The molecule has 0 bridgehead atoms. The van der Waals surface area contributed by atoms with Gasteiger partial charge < -0.3 is 10.2 Å². The van der Waals surface area contributed by atoms with Gasteiger partial charge in [-0.25, -0.2) is 9.78 Å². The summed E-state index contributed by atoms with van der Waals surface area (Å²) in [6.45, 7) is 4.33. The molecule has 0 aromatic carbocycles. The smallest absolute Gasteiger partial charge is 0.317 e. The Labute approximate surface area is 94.4 Å². The summed E-state index contributed by atoms with van der Waals surface area (Å²) in [5, 5.41) is 9.25. The van der Waals surface area contributed by atoms with Gasteiger partial charge in [0.05, 0.1) is 6.54 Å². The molecule has 1 aromatic rings. The van der Waals surface area contributed by atoms with E-state index in [1.807, 2.05) is 4.90 Å². The number of urea groups is 1. The molecule has 1 aromatic heterocycles. The lowest BCUT2D eigenvalue weighted by molar-refractivity contribution is 0.173. The fourth-order valence-corrected chi connectivity index (χ4v) is 1.80. The van der Waals surface area contributed by atoms with Gasteiger partial charge in [0.15, 0.2) is 0 Å². The van der Waals surface area contributed by atoms with E-state index in [4.69, 9.17) is 0 Å². The van der Waals surface area contributed by atoms with Crippen LogP contribution in [0.4, 0.5) is 4.79 Å². The van der Waals surface area contributed by atoms with Crippen molar-refractivity contribution in [3.05, 3.63) is 12.2 Å². The summed E-state index contributed by atoms with van der Waals surface area (Å²) in [4.78, 5) is 17.6. The Bertz CT molecular complexity index is 329. The number of nitrogens with zero attached hydrogens (tertiary/aromatic N) is 3. The van der Waals surface area contributed by atoms with Crippen LogP contribution in [-0.2, 0) is 6.54 Å². The molecule has 1 aliphatic rings. The van der Waals surface area contributed by atoms with Crippen molar-refractivity contribution in [3.63, 3.8) is 0 Å². The van der Waals surface area contributed by atoms with Crippen molar-refractivity contribution in [3.8, 4) is 0 Å². The first-order valence-electron chi connectivity index (χ1n) is 5.62. The summed E-state index contributed by atoms with van der Waals surface area (Å²) < 4.78 is 0. The molecular weight excluding hydrogens is 206 g/mol. The zero-order valence-corrected chi connectivity index (χ0v) is 9.44. The molecule has 0 spiro atoms. The van der Waals surface area contributed by atoms with E-state index in [1.54, 1.807) is 0 Å². The first kappa shape index (κ1) is 10.9. The van der Waals surface area contributed by atoms with E-state index in [1.165, 1.54) is 6.33 Å². The van der Waals surface area contributed by atoms with Gasteiger partial charge in [-0.2, -0.15) is 5.10 Å². The lowest BCUT2D eigenvalue weighted by Crippen LogP contribution is -2.43. The van der Waals surface area contributed by atoms with Crippen LogP contribution < -0.4 is 5.32 Å². The second-order valence-corrected chi connectivity index (χ2v) is 4.26. The monoisotopic (exact) mass is 223 g/mol. The van der Waals surface area contributed by atoms with E-state index in [0.717, 1.165) is 31.8 Å². The molecule has 1 saturated heterocycles. The maximum atomic E-state index is 11.8. The standard InChI is InChI=1S/C10H17N5O/c1-8-2-4-15(5-3-8)10(16)11-6-9-12-7-13-14-9/h7-8H,2-6H2,1H3,(H,11,16)(H,12,13,14). The molecule has 0 atom stereocenters. The van der Waals surface area contributed by atoms with Crippen LogP contribution in [-0.4, -0.2) is 39.2 Å². The molecule has 2 N–H and O–H groups in total. The molecule has 0 saturated carbocycles. The molecule has 6 heteroatoms. The van der Waals surface area contributed by atoms with Gasteiger partial charge in [-0.1, -0.05) is 6.92 Å². The number of hydrogen-bond donors (Lipinski definition) is 2. The molecule has 0 unspecified atom stereocenters. The summed E-state index contributed by atoms with van der Waals surface area (Å²) in [5.74, 6) is 1.41. The van der Waals surface area contributed by atoms with E-state index in [0.29, 0.717) is 12.4 Å². The molecular formula is C10H17N5O. The SMILES string of the molecule is CC1CCN(C(=O)NCc2ncn[nH]2)CC1. The normalized spacial score (nSPS) is 17.4. The number of nitrogens with one attached hydrogen (secondary N) is 2. The Kier molecular flexibility index (Phi) is 3.38. The highest BCUT2D eigenvalue weighted by Gasteiger charge is 2.19. The van der Waals surface area contributed by atoms with E-state index in [2.05, 4.69) is 27.4 Å². The fourth-order valence-electron chi connectivity index (χ4n) is 1.80. The first-order chi connectivity index (χ1) is 7.75. The second-order valence-electron chi connectivity index (χ2n) is 4.26. The van der Waals surface area contributed by atoms with Crippen LogP contribution in [0, 0.1) is 5.92 Å². The van der Waals surface area contributed by atoms with Crippen molar-refractivity contribution in [2.75, 3.05) is 13.1 Å². The number of piperidine rings is 1. The largest absolute Gasteiger partial charge is 0.331 e. The molecule has 88 valence electrons. The van der Waals surface area contributed by atoms with Gasteiger partial charge in [-0.3, -0.25) is 5.10 Å². The summed E-state index contributed by atoms with van der Waals surface area (Å²) in [7, 11) is 0. The van der Waals surface area contributed by atoms with E-state index in [9.17, 15) is 4.79 Å². The lowest BCUT2D eigenvalue weighted by atomic mass is 10.00. The van der Waals surface area contributed by atoms with Crippen LogP contribution in [0.1, 0.15) is 25.6 Å². The maximum Gasteiger partial charge on any atom is 0.317 e. The minimum Gasteiger partial charge on any atom is -0.331 e. The molecule has 2 heterocycles. The molecule has 2 rings (SSSR count). The zero-order valence-electron chi connectivity index (χ0n) is 9.44. The molecule has 0 radical (unpaired) electrons. The highest BCUT2D eigenvalue weighted by Crippen LogP contribution is 2.15. The van der Waals surface area contributed by atoms with Crippen LogP contribution in [0.3, 0.4) is 0 Å². The zero-order chi connectivity index (χ0) is 11.4. The third-order valence-corrected chi connectivity index (χ3v) is 2.94. The summed E-state index contributed by atoms with van der Waals surface area (Å²) in [6, 6.07) is -0.0108. The number of rotatable bonds is 2. The van der Waals surface area contributed by atoms with Gasteiger partial charge in [-0.15, -0.1) is 0 Å². The Morgan fingerprint density at radius 3 is 3.00 bits per heavy atom. The van der Waals surface area contributed by atoms with Crippen LogP contribution in [0.2, 0.25) is 0 Å². The number of H-pyrrole nitrogens is 1. The van der Waals surface area contributed by atoms with Crippen LogP contribution in [0.5, 0.6) is 0 Å². The van der Waals surface area contributed by atoms with Crippen molar-refractivity contribution >= 4 is 6.03 Å². The molecule has 0 aliphatic carbocycles. The summed E-state index contributed by atoms with van der Waals surface area (Å²) >= 11 is 0. The Morgan fingerprint density at radius 2 is 2.38 bits per heavy atom. The summed E-state index contributed by atoms with van der Waals surface area (Å²) in [5.41, 5.74) is 0. The quantitative estimate of drug-likeness (QED) is 0.776. The minimum atomic E-state index is -0.0108. The van der Waals surface area contributed by atoms with Crippen LogP contribution in [0.25, 0.3) is 0 Å². The number of carbonyl (C=O) groups is 1. The number of carbonyl (C=O) groups excluding carboxylic acids is 1. The average Bonchev–Trinajstić information content (AvgIpc) is 2.80. The molecule has 2 amide bonds. The third-order valence-electron chi connectivity index (χ3n) is 2.94. The highest BCUT2D eigenvalue weighted by molar-refractivity contribution is 5.74. The second kappa shape index (κ2) is 4.96. The topological polar surface area (TPSA) is 73.9 Å². The molecule has 16 heavy (non-hydrogen) atoms. The third kappa shape index (κ3) is 2.71. The van der Waals surface area contributed by atoms with Crippen molar-refractivity contribution in [2.24, 2.45) is 5.92 Å². The Morgan fingerprint density at radius 1 is 1.62 bits per heavy atom. The summed E-state index contributed by atoms with van der Waals surface area (Å²) in [6.07, 6.45) is 3.62. The number of amides is 2.